The number of carbonyl (C=O) groups is 1. The van der Waals surface area contributed by atoms with Crippen molar-refractivity contribution in [1.82, 2.24) is 15.2 Å². The number of carbonyl (C=O) groups excluding carboxylic acids is 1. The van der Waals surface area contributed by atoms with Crippen LogP contribution in [0.1, 0.15) is 30.0 Å². The van der Waals surface area contributed by atoms with Gasteiger partial charge in [0.05, 0.1) is 0 Å². The van der Waals surface area contributed by atoms with E-state index in [1.807, 2.05) is 6.07 Å². The highest BCUT2D eigenvalue weighted by Gasteiger charge is 2.31. The van der Waals surface area contributed by atoms with Gasteiger partial charge in [0.2, 0.25) is 5.91 Å². The van der Waals surface area contributed by atoms with Gasteiger partial charge in [0, 0.05) is 18.9 Å². The molecule has 0 spiro atoms. The Bertz CT molecular complexity index is 762. The van der Waals surface area contributed by atoms with Gasteiger partial charge in [0.1, 0.15) is 11.8 Å². The Kier molecular flexibility index (Phi) is 5.95. The van der Waals surface area contributed by atoms with Crippen molar-refractivity contribution < 1.29 is 22.7 Å². The highest BCUT2D eigenvalue weighted by molar-refractivity contribution is 5.83. The predicted molar refractivity (Wildman–Crippen MR) is 92.8 cm³/mol. The van der Waals surface area contributed by atoms with Crippen LogP contribution >= 0.6 is 0 Å². The molecule has 1 saturated heterocycles. The quantitative estimate of drug-likeness (QED) is 0.836. The van der Waals surface area contributed by atoms with E-state index in [1.54, 1.807) is 24.5 Å². The minimum atomic E-state index is -4.75. The first kappa shape index (κ1) is 19.2. The number of nitrogens with zero attached hydrogens (tertiary/aromatic N) is 2. The largest absolute Gasteiger partial charge is 0.573 e. The number of hydrogen-bond acceptors (Lipinski definition) is 4. The summed E-state index contributed by atoms with van der Waals surface area (Å²) in [4.78, 5) is 19.0. The standard InChI is InChI=1S/C19H20F3N3O2/c20-19(21,22)27-16-7-3-5-14(11-16)12-24-18(26)17(25-9-1-2-10-25)15-6-4-8-23-13-15/h3-8,11,13,17H,1-2,9-10,12H2,(H,24,26)/t17-/m1/s1. The van der Waals surface area contributed by atoms with Gasteiger partial charge in [-0.1, -0.05) is 18.2 Å². The van der Waals surface area contributed by atoms with Gasteiger partial charge in [-0.25, -0.2) is 0 Å². The van der Waals surface area contributed by atoms with E-state index in [-0.39, 0.29) is 18.2 Å². The van der Waals surface area contributed by atoms with Crippen LogP contribution in [0.2, 0.25) is 0 Å². The average molecular weight is 379 g/mol. The molecule has 2 heterocycles. The first-order chi connectivity index (χ1) is 12.9. The molecule has 1 atom stereocenters. The number of alkyl halides is 3. The predicted octanol–water partition coefficient (Wildman–Crippen LogP) is 3.43. The van der Waals surface area contributed by atoms with Crippen LogP contribution in [0.25, 0.3) is 0 Å². The van der Waals surface area contributed by atoms with Crippen molar-refractivity contribution >= 4 is 5.91 Å². The lowest BCUT2D eigenvalue weighted by molar-refractivity contribution is -0.274. The van der Waals surface area contributed by atoms with Gasteiger partial charge in [-0.15, -0.1) is 13.2 Å². The molecule has 0 radical (unpaired) electrons. The molecule has 8 heteroatoms. The highest BCUT2D eigenvalue weighted by atomic mass is 19.4. The maximum Gasteiger partial charge on any atom is 0.573 e. The molecule has 144 valence electrons. The van der Waals surface area contributed by atoms with E-state index in [0.717, 1.165) is 31.5 Å². The number of halogens is 3. The monoisotopic (exact) mass is 379 g/mol. The Hall–Kier alpha value is -2.61. The van der Waals surface area contributed by atoms with Crippen molar-refractivity contribution in [2.24, 2.45) is 0 Å². The van der Waals surface area contributed by atoms with Crippen LogP contribution in [0, 0.1) is 0 Å². The van der Waals surface area contributed by atoms with E-state index < -0.39 is 12.4 Å². The smallest absolute Gasteiger partial charge is 0.406 e. The number of hydrogen-bond donors (Lipinski definition) is 1. The van der Waals surface area contributed by atoms with Gasteiger partial charge >= 0.3 is 6.36 Å². The molecular formula is C19H20F3N3O2. The van der Waals surface area contributed by atoms with Crippen molar-refractivity contribution in [3.63, 3.8) is 0 Å². The van der Waals surface area contributed by atoms with E-state index in [0.29, 0.717) is 5.56 Å². The number of rotatable bonds is 6. The van der Waals surface area contributed by atoms with Gasteiger partial charge in [-0.05, 0) is 55.3 Å². The van der Waals surface area contributed by atoms with E-state index >= 15 is 0 Å². The Morgan fingerprint density at radius 2 is 2.00 bits per heavy atom. The number of amides is 1. The number of aromatic nitrogens is 1. The SMILES string of the molecule is O=C(NCc1cccc(OC(F)(F)F)c1)[C@@H](c1cccnc1)N1CCCC1. The second-order valence-electron chi connectivity index (χ2n) is 6.34. The zero-order valence-corrected chi connectivity index (χ0v) is 14.6. The lowest BCUT2D eigenvalue weighted by atomic mass is 10.1. The second-order valence-corrected chi connectivity index (χ2v) is 6.34. The molecular weight excluding hydrogens is 359 g/mol. The number of nitrogens with one attached hydrogen (secondary N) is 1. The maximum absolute atomic E-state index is 12.8. The summed E-state index contributed by atoms with van der Waals surface area (Å²) in [6.45, 7) is 1.75. The van der Waals surface area contributed by atoms with Crippen LogP contribution in [0.5, 0.6) is 5.75 Å². The van der Waals surface area contributed by atoms with Crippen LogP contribution in [0.4, 0.5) is 13.2 Å². The van der Waals surface area contributed by atoms with Crippen molar-refractivity contribution in [3.05, 3.63) is 59.9 Å². The fourth-order valence-electron chi connectivity index (χ4n) is 3.20. The van der Waals surface area contributed by atoms with Crippen molar-refractivity contribution in [1.29, 1.82) is 0 Å². The molecule has 3 rings (SSSR count). The van der Waals surface area contributed by atoms with Gasteiger partial charge in [0.25, 0.3) is 0 Å². The summed E-state index contributed by atoms with van der Waals surface area (Å²) < 4.78 is 41.0. The summed E-state index contributed by atoms with van der Waals surface area (Å²) in [5, 5.41) is 2.82. The molecule has 1 aromatic heterocycles. The molecule has 0 bridgehead atoms. The van der Waals surface area contributed by atoms with Crippen LogP contribution in [0.15, 0.2) is 48.8 Å². The van der Waals surface area contributed by atoms with Crippen molar-refractivity contribution in [2.45, 2.75) is 31.8 Å². The topological polar surface area (TPSA) is 54.5 Å². The summed E-state index contributed by atoms with van der Waals surface area (Å²) in [6.07, 6.45) is 0.625. The molecule has 5 nitrogen and oxygen atoms in total. The zero-order valence-electron chi connectivity index (χ0n) is 14.6. The summed E-state index contributed by atoms with van der Waals surface area (Å²) in [5.41, 5.74) is 1.32. The number of pyridine rings is 1. The van der Waals surface area contributed by atoms with E-state index in [4.69, 9.17) is 0 Å². The Morgan fingerprint density at radius 3 is 2.67 bits per heavy atom. The number of benzene rings is 1. The fraction of sp³-hybridized carbons (Fsp3) is 0.368. The van der Waals surface area contributed by atoms with Crippen LogP contribution in [-0.2, 0) is 11.3 Å². The molecule has 1 aliphatic rings. The van der Waals surface area contributed by atoms with Crippen LogP contribution < -0.4 is 10.1 Å². The highest BCUT2D eigenvalue weighted by Crippen LogP contribution is 2.26. The molecule has 1 aromatic carbocycles. The van der Waals surface area contributed by atoms with Gasteiger partial charge in [-0.3, -0.25) is 14.7 Å². The van der Waals surface area contributed by atoms with E-state index in [9.17, 15) is 18.0 Å². The minimum Gasteiger partial charge on any atom is -0.406 e. The molecule has 0 unspecified atom stereocenters. The lowest BCUT2D eigenvalue weighted by Gasteiger charge is -2.26. The molecule has 2 aromatic rings. The van der Waals surface area contributed by atoms with Gasteiger partial charge in [-0.2, -0.15) is 0 Å². The Balaban J connectivity index is 1.68. The van der Waals surface area contributed by atoms with Gasteiger partial charge in [0.15, 0.2) is 0 Å². The molecule has 27 heavy (non-hydrogen) atoms. The first-order valence-corrected chi connectivity index (χ1v) is 8.69. The van der Waals surface area contributed by atoms with Crippen molar-refractivity contribution in [3.8, 4) is 5.75 Å². The third-order valence-electron chi connectivity index (χ3n) is 4.35. The fourth-order valence-corrected chi connectivity index (χ4v) is 3.20. The number of likely N-dealkylation sites (tertiary alicyclic amines) is 1. The maximum atomic E-state index is 12.8. The molecule has 0 aliphatic carbocycles. The van der Waals surface area contributed by atoms with Crippen LogP contribution in [-0.4, -0.2) is 35.2 Å². The number of ether oxygens (including phenoxy) is 1. The Labute approximate surface area is 155 Å². The van der Waals surface area contributed by atoms with E-state index in [1.165, 1.54) is 18.2 Å². The molecule has 1 amide bonds. The third kappa shape index (κ3) is 5.43. The second kappa shape index (κ2) is 8.39. The summed E-state index contributed by atoms with van der Waals surface area (Å²) in [7, 11) is 0. The summed E-state index contributed by atoms with van der Waals surface area (Å²) in [6, 6.07) is 8.76. The van der Waals surface area contributed by atoms with E-state index in [2.05, 4.69) is 19.9 Å². The lowest BCUT2D eigenvalue weighted by Crippen LogP contribution is -2.39. The minimum absolute atomic E-state index is 0.110. The van der Waals surface area contributed by atoms with Gasteiger partial charge < -0.3 is 10.1 Å². The molecule has 1 N–H and O–H groups in total. The molecule has 1 fully saturated rings. The van der Waals surface area contributed by atoms with Crippen molar-refractivity contribution in [2.75, 3.05) is 13.1 Å². The molecule has 0 saturated carbocycles. The Morgan fingerprint density at radius 1 is 1.22 bits per heavy atom. The normalized spacial score (nSPS) is 16.1. The molecule has 1 aliphatic heterocycles. The summed E-state index contributed by atoms with van der Waals surface area (Å²) in [5.74, 6) is -0.510. The first-order valence-electron chi connectivity index (χ1n) is 8.69. The van der Waals surface area contributed by atoms with Crippen LogP contribution in [0.3, 0.4) is 0 Å². The third-order valence-corrected chi connectivity index (χ3v) is 4.35. The summed E-state index contributed by atoms with van der Waals surface area (Å²) >= 11 is 0. The average Bonchev–Trinajstić information content (AvgIpc) is 3.14. The zero-order chi connectivity index (χ0) is 19.3.